The molecule has 6 nitrogen and oxygen atoms in total. The van der Waals surface area contributed by atoms with E-state index >= 15 is 0 Å². The number of aliphatic carboxylic acids is 1. The molecule has 0 bridgehead atoms. The zero-order valence-corrected chi connectivity index (χ0v) is 11.8. The first kappa shape index (κ1) is 13.6. The van der Waals surface area contributed by atoms with Crippen LogP contribution in [0.3, 0.4) is 0 Å². The fourth-order valence-electron chi connectivity index (χ4n) is 2.84. The number of nitrogens with zero attached hydrogens (tertiary/aromatic N) is 3. The van der Waals surface area contributed by atoms with Gasteiger partial charge in [0.25, 0.3) is 5.56 Å². The number of hydrogen-bond acceptors (Lipinski definition) is 4. The molecule has 3 rings (SSSR count). The van der Waals surface area contributed by atoms with Crippen molar-refractivity contribution in [2.45, 2.75) is 12.8 Å². The third kappa shape index (κ3) is 2.37. The highest BCUT2D eigenvalue weighted by molar-refractivity contribution is 5.76. The van der Waals surface area contributed by atoms with Crippen molar-refractivity contribution in [3.8, 4) is 0 Å². The summed E-state index contributed by atoms with van der Waals surface area (Å²) < 4.78 is 1.57. The molecule has 1 aliphatic rings. The third-order valence-corrected chi connectivity index (χ3v) is 4.04. The summed E-state index contributed by atoms with van der Waals surface area (Å²) in [6, 6.07) is 7.45. The number of para-hydroxylation sites is 2. The molecule has 21 heavy (non-hydrogen) atoms. The number of aromatic nitrogens is 2. The number of carboxylic acids is 1. The van der Waals surface area contributed by atoms with E-state index < -0.39 is 11.9 Å². The number of rotatable bonds is 2. The van der Waals surface area contributed by atoms with Crippen molar-refractivity contribution in [3.05, 3.63) is 34.6 Å². The van der Waals surface area contributed by atoms with E-state index in [9.17, 15) is 9.59 Å². The van der Waals surface area contributed by atoms with Crippen molar-refractivity contribution in [3.63, 3.8) is 0 Å². The van der Waals surface area contributed by atoms with Crippen LogP contribution in [0.1, 0.15) is 12.8 Å². The Morgan fingerprint density at radius 1 is 1.38 bits per heavy atom. The van der Waals surface area contributed by atoms with Crippen molar-refractivity contribution in [2.75, 3.05) is 18.0 Å². The highest BCUT2D eigenvalue weighted by Crippen LogP contribution is 2.21. The predicted molar refractivity (Wildman–Crippen MR) is 79.6 cm³/mol. The quantitative estimate of drug-likeness (QED) is 0.899. The normalized spacial score (nSPS) is 18.9. The molecule has 1 aliphatic heterocycles. The van der Waals surface area contributed by atoms with E-state index in [0.29, 0.717) is 25.3 Å². The Morgan fingerprint density at radius 3 is 2.90 bits per heavy atom. The molecule has 1 saturated heterocycles. The van der Waals surface area contributed by atoms with Crippen molar-refractivity contribution in [1.29, 1.82) is 0 Å². The molecule has 0 unspecified atom stereocenters. The van der Waals surface area contributed by atoms with E-state index in [-0.39, 0.29) is 5.56 Å². The SMILES string of the molecule is Cn1c(=O)c(N2CCC[C@H](C(=O)O)C2)nc2ccccc21. The lowest BCUT2D eigenvalue weighted by Crippen LogP contribution is -2.42. The first-order chi connectivity index (χ1) is 10.1. The molecule has 1 N–H and O–H groups in total. The van der Waals surface area contributed by atoms with Crippen molar-refractivity contribution in [2.24, 2.45) is 13.0 Å². The zero-order chi connectivity index (χ0) is 15.0. The molecule has 0 amide bonds. The molecule has 1 aromatic carbocycles. The Hall–Kier alpha value is -2.37. The topological polar surface area (TPSA) is 75.4 Å². The summed E-state index contributed by atoms with van der Waals surface area (Å²) in [4.78, 5) is 29.9. The number of aryl methyl sites for hydroxylation is 1. The summed E-state index contributed by atoms with van der Waals surface area (Å²) in [7, 11) is 1.72. The second-order valence-corrected chi connectivity index (χ2v) is 5.41. The summed E-state index contributed by atoms with van der Waals surface area (Å²) in [5, 5.41) is 9.17. The molecule has 1 fully saturated rings. The van der Waals surface area contributed by atoms with E-state index in [1.165, 1.54) is 0 Å². The highest BCUT2D eigenvalue weighted by atomic mass is 16.4. The van der Waals surface area contributed by atoms with Crippen LogP contribution < -0.4 is 10.5 Å². The van der Waals surface area contributed by atoms with Crippen LogP contribution in [0.5, 0.6) is 0 Å². The minimum atomic E-state index is -0.808. The number of carboxylic acid groups (broad SMARTS) is 1. The largest absolute Gasteiger partial charge is 0.481 e. The van der Waals surface area contributed by atoms with Crippen molar-refractivity contribution in [1.82, 2.24) is 9.55 Å². The van der Waals surface area contributed by atoms with Gasteiger partial charge in [-0.2, -0.15) is 0 Å². The molecule has 2 aromatic rings. The lowest BCUT2D eigenvalue weighted by Gasteiger charge is -2.31. The van der Waals surface area contributed by atoms with Crippen LogP contribution in [0, 0.1) is 5.92 Å². The molecule has 0 spiro atoms. The standard InChI is InChI=1S/C15H17N3O3/c1-17-12-7-3-2-6-11(12)16-13(14(17)19)18-8-4-5-10(9-18)15(20)21/h2-3,6-7,10H,4-5,8-9H2,1H3,(H,20,21)/t10-/m0/s1. The number of benzene rings is 1. The zero-order valence-electron chi connectivity index (χ0n) is 11.8. The van der Waals surface area contributed by atoms with Gasteiger partial charge in [0.15, 0.2) is 5.82 Å². The van der Waals surface area contributed by atoms with Gasteiger partial charge in [-0.1, -0.05) is 12.1 Å². The van der Waals surface area contributed by atoms with Gasteiger partial charge >= 0.3 is 5.97 Å². The van der Waals surface area contributed by atoms with Crippen LogP contribution in [0.2, 0.25) is 0 Å². The van der Waals surface area contributed by atoms with Crippen LogP contribution >= 0.6 is 0 Å². The van der Waals surface area contributed by atoms with Gasteiger partial charge in [0, 0.05) is 20.1 Å². The smallest absolute Gasteiger partial charge is 0.308 e. The first-order valence-corrected chi connectivity index (χ1v) is 7.01. The number of piperidine rings is 1. The van der Waals surface area contributed by atoms with Gasteiger partial charge in [0.05, 0.1) is 17.0 Å². The van der Waals surface area contributed by atoms with Crippen molar-refractivity contribution < 1.29 is 9.90 Å². The van der Waals surface area contributed by atoms with Crippen LogP contribution in [0.4, 0.5) is 5.82 Å². The minimum Gasteiger partial charge on any atom is -0.481 e. The fourth-order valence-corrected chi connectivity index (χ4v) is 2.84. The van der Waals surface area contributed by atoms with Crippen LogP contribution in [-0.4, -0.2) is 33.7 Å². The molecule has 0 aliphatic carbocycles. The van der Waals surface area contributed by atoms with E-state index in [2.05, 4.69) is 4.98 Å². The lowest BCUT2D eigenvalue weighted by atomic mass is 9.98. The molecule has 2 heterocycles. The van der Waals surface area contributed by atoms with Crippen LogP contribution in [0.15, 0.2) is 29.1 Å². The van der Waals surface area contributed by atoms with E-state index in [1.807, 2.05) is 24.3 Å². The molecule has 1 atom stereocenters. The second-order valence-electron chi connectivity index (χ2n) is 5.41. The molecule has 0 radical (unpaired) electrons. The summed E-state index contributed by atoms with van der Waals surface area (Å²) in [6.07, 6.45) is 1.41. The van der Waals surface area contributed by atoms with Gasteiger partial charge < -0.3 is 14.6 Å². The van der Waals surface area contributed by atoms with Gasteiger partial charge in [0.1, 0.15) is 0 Å². The Bertz CT molecular complexity index is 753. The van der Waals surface area contributed by atoms with E-state index in [0.717, 1.165) is 17.5 Å². The van der Waals surface area contributed by atoms with Gasteiger partial charge in [-0.25, -0.2) is 4.98 Å². The maximum atomic E-state index is 12.5. The fraction of sp³-hybridized carbons (Fsp3) is 0.400. The van der Waals surface area contributed by atoms with Crippen LogP contribution in [-0.2, 0) is 11.8 Å². The summed E-state index contributed by atoms with van der Waals surface area (Å²) in [6.45, 7) is 1.01. The number of anilines is 1. The van der Waals surface area contributed by atoms with E-state index in [4.69, 9.17) is 5.11 Å². The molecular formula is C15H17N3O3. The molecule has 6 heteroatoms. The Morgan fingerprint density at radius 2 is 2.14 bits per heavy atom. The number of hydrogen-bond donors (Lipinski definition) is 1. The Kier molecular flexibility index (Phi) is 3.37. The van der Waals surface area contributed by atoms with Crippen molar-refractivity contribution >= 4 is 22.8 Å². The molecular weight excluding hydrogens is 270 g/mol. The van der Waals surface area contributed by atoms with Gasteiger partial charge in [-0.3, -0.25) is 9.59 Å². The summed E-state index contributed by atoms with van der Waals surface area (Å²) >= 11 is 0. The second kappa shape index (κ2) is 5.20. The first-order valence-electron chi connectivity index (χ1n) is 7.01. The maximum Gasteiger partial charge on any atom is 0.308 e. The minimum absolute atomic E-state index is 0.181. The maximum absolute atomic E-state index is 12.5. The molecule has 1 aromatic heterocycles. The third-order valence-electron chi connectivity index (χ3n) is 4.04. The van der Waals surface area contributed by atoms with Gasteiger partial charge in [0.2, 0.25) is 0 Å². The average Bonchev–Trinajstić information content (AvgIpc) is 2.51. The average molecular weight is 287 g/mol. The summed E-state index contributed by atoms with van der Waals surface area (Å²) in [5.74, 6) is -0.892. The lowest BCUT2D eigenvalue weighted by molar-refractivity contribution is -0.141. The van der Waals surface area contributed by atoms with Crippen LogP contribution in [0.25, 0.3) is 11.0 Å². The van der Waals surface area contributed by atoms with Gasteiger partial charge in [-0.05, 0) is 25.0 Å². The number of fused-ring (bicyclic) bond motifs is 1. The van der Waals surface area contributed by atoms with E-state index in [1.54, 1.807) is 16.5 Å². The molecule has 110 valence electrons. The monoisotopic (exact) mass is 287 g/mol. The summed E-state index contributed by atoms with van der Waals surface area (Å²) in [5.41, 5.74) is 1.34. The highest BCUT2D eigenvalue weighted by Gasteiger charge is 2.27. The van der Waals surface area contributed by atoms with Gasteiger partial charge in [-0.15, -0.1) is 0 Å². The molecule has 0 saturated carbocycles. The predicted octanol–water partition coefficient (Wildman–Crippen LogP) is 1.23. The Balaban J connectivity index is 2.06. The number of carbonyl (C=O) groups is 1. The Labute approximate surface area is 121 Å².